The van der Waals surface area contributed by atoms with Crippen molar-refractivity contribution in [1.29, 1.82) is 0 Å². The number of anilines is 1. The number of benzene rings is 1. The van der Waals surface area contributed by atoms with Crippen LogP contribution in [-0.4, -0.2) is 46.6 Å². The van der Waals surface area contributed by atoms with Gasteiger partial charge in [-0.2, -0.15) is 5.10 Å². The molecule has 0 saturated carbocycles. The summed E-state index contributed by atoms with van der Waals surface area (Å²) in [6.45, 7) is 3.23. The number of hydrogen-bond donors (Lipinski definition) is 0. The first-order chi connectivity index (χ1) is 12.0. The predicted octanol–water partition coefficient (Wildman–Crippen LogP) is 2.19. The summed E-state index contributed by atoms with van der Waals surface area (Å²) in [7, 11) is 1.80. The average molecular weight is 338 g/mol. The standard InChI is InChI=1S/C19H22N4O2/c1-14-12-16-21(2)17(24)13-19(23(16)20-14)8-10-22(11-9-19)18(25)15-6-4-3-5-7-15/h3-7,12H,8-11,13H2,1-2H3. The Labute approximate surface area is 147 Å². The molecule has 0 atom stereocenters. The molecule has 1 saturated heterocycles. The molecular weight excluding hydrogens is 316 g/mol. The van der Waals surface area contributed by atoms with Crippen LogP contribution in [0.2, 0.25) is 0 Å². The van der Waals surface area contributed by atoms with E-state index in [0.29, 0.717) is 25.1 Å². The summed E-state index contributed by atoms with van der Waals surface area (Å²) in [5.74, 6) is 1.04. The van der Waals surface area contributed by atoms with Crippen molar-refractivity contribution in [3.05, 3.63) is 47.7 Å². The molecule has 0 N–H and O–H groups in total. The van der Waals surface area contributed by atoms with Crippen molar-refractivity contribution in [2.75, 3.05) is 25.0 Å². The molecule has 4 rings (SSSR count). The summed E-state index contributed by atoms with van der Waals surface area (Å²) >= 11 is 0. The Morgan fingerprint density at radius 1 is 1.16 bits per heavy atom. The molecule has 0 unspecified atom stereocenters. The van der Waals surface area contributed by atoms with Gasteiger partial charge in [0.1, 0.15) is 5.82 Å². The summed E-state index contributed by atoms with van der Waals surface area (Å²) in [5, 5.41) is 4.66. The van der Waals surface area contributed by atoms with Crippen LogP contribution in [0, 0.1) is 6.92 Å². The maximum atomic E-state index is 12.7. The molecule has 1 aromatic heterocycles. The predicted molar refractivity (Wildman–Crippen MR) is 94.5 cm³/mol. The minimum atomic E-state index is -0.305. The Bertz CT molecular complexity index is 819. The second kappa shape index (κ2) is 5.72. The maximum absolute atomic E-state index is 12.7. The van der Waals surface area contributed by atoms with Gasteiger partial charge in [0.2, 0.25) is 5.91 Å². The Balaban J connectivity index is 1.58. The maximum Gasteiger partial charge on any atom is 0.253 e. The Morgan fingerprint density at radius 3 is 2.52 bits per heavy atom. The Kier molecular flexibility index (Phi) is 3.63. The third kappa shape index (κ3) is 2.52. The van der Waals surface area contributed by atoms with Crippen LogP contribution in [0.15, 0.2) is 36.4 Å². The molecule has 1 spiro atoms. The van der Waals surface area contributed by atoms with Crippen molar-refractivity contribution in [2.24, 2.45) is 0 Å². The van der Waals surface area contributed by atoms with Crippen molar-refractivity contribution in [1.82, 2.24) is 14.7 Å². The first-order valence-electron chi connectivity index (χ1n) is 8.68. The van der Waals surface area contributed by atoms with Crippen LogP contribution in [0.25, 0.3) is 0 Å². The second-order valence-electron chi connectivity index (χ2n) is 7.07. The van der Waals surface area contributed by atoms with E-state index in [9.17, 15) is 9.59 Å². The number of hydrogen-bond acceptors (Lipinski definition) is 3. The van der Waals surface area contributed by atoms with Gasteiger partial charge < -0.3 is 9.80 Å². The quantitative estimate of drug-likeness (QED) is 0.801. The first-order valence-corrected chi connectivity index (χ1v) is 8.68. The fourth-order valence-corrected chi connectivity index (χ4v) is 3.95. The van der Waals surface area contributed by atoms with E-state index < -0.39 is 0 Å². The number of piperidine rings is 1. The number of aromatic nitrogens is 2. The van der Waals surface area contributed by atoms with Crippen molar-refractivity contribution >= 4 is 17.6 Å². The lowest BCUT2D eigenvalue weighted by atomic mass is 9.82. The molecule has 6 nitrogen and oxygen atoms in total. The third-order valence-electron chi connectivity index (χ3n) is 5.46. The number of nitrogens with zero attached hydrogens (tertiary/aromatic N) is 4. The van der Waals surface area contributed by atoms with Gasteiger partial charge in [-0.3, -0.25) is 9.59 Å². The van der Waals surface area contributed by atoms with E-state index in [0.717, 1.165) is 24.4 Å². The highest BCUT2D eigenvalue weighted by molar-refractivity contribution is 5.95. The summed E-state index contributed by atoms with van der Waals surface area (Å²) in [6.07, 6.45) is 1.95. The minimum Gasteiger partial charge on any atom is -0.338 e. The van der Waals surface area contributed by atoms with Gasteiger partial charge in [-0.25, -0.2) is 4.68 Å². The van der Waals surface area contributed by atoms with Crippen LogP contribution in [0.4, 0.5) is 5.82 Å². The summed E-state index contributed by atoms with van der Waals surface area (Å²) < 4.78 is 2.02. The van der Waals surface area contributed by atoms with E-state index in [4.69, 9.17) is 0 Å². The number of aryl methyl sites for hydroxylation is 1. The molecule has 3 heterocycles. The normalized spacial score (nSPS) is 19.2. The van der Waals surface area contributed by atoms with Crippen molar-refractivity contribution in [3.8, 4) is 0 Å². The molecule has 1 aromatic carbocycles. The van der Waals surface area contributed by atoms with Crippen molar-refractivity contribution in [2.45, 2.75) is 31.7 Å². The average Bonchev–Trinajstić information content (AvgIpc) is 3.04. The van der Waals surface area contributed by atoms with Gasteiger partial charge in [0.15, 0.2) is 0 Å². The smallest absolute Gasteiger partial charge is 0.253 e. The minimum absolute atomic E-state index is 0.0616. The van der Waals surface area contributed by atoms with Crippen LogP contribution in [-0.2, 0) is 10.3 Å². The van der Waals surface area contributed by atoms with Crippen LogP contribution in [0.1, 0.15) is 35.3 Å². The molecule has 0 radical (unpaired) electrons. The Morgan fingerprint density at radius 2 is 1.84 bits per heavy atom. The highest BCUT2D eigenvalue weighted by Crippen LogP contribution is 2.41. The van der Waals surface area contributed by atoms with Crippen LogP contribution < -0.4 is 4.90 Å². The lowest BCUT2D eigenvalue weighted by Gasteiger charge is -2.46. The van der Waals surface area contributed by atoms with Gasteiger partial charge in [-0.05, 0) is 31.9 Å². The number of fused-ring (bicyclic) bond motifs is 2. The molecular formula is C19H22N4O2. The number of amides is 2. The first kappa shape index (κ1) is 15.9. The van der Waals surface area contributed by atoms with Gasteiger partial charge in [0.05, 0.1) is 17.7 Å². The van der Waals surface area contributed by atoms with E-state index in [1.54, 1.807) is 11.9 Å². The monoisotopic (exact) mass is 338 g/mol. The van der Waals surface area contributed by atoms with Gasteiger partial charge >= 0.3 is 0 Å². The number of carbonyl (C=O) groups excluding carboxylic acids is 2. The van der Waals surface area contributed by atoms with Crippen molar-refractivity contribution in [3.63, 3.8) is 0 Å². The van der Waals surface area contributed by atoms with Crippen LogP contribution in [0.3, 0.4) is 0 Å². The highest BCUT2D eigenvalue weighted by atomic mass is 16.2. The number of carbonyl (C=O) groups is 2. The molecule has 1 fully saturated rings. The van der Waals surface area contributed by atoms with E-state index in [1.807, 2.05) is 52.9 Å². The van der Waals surface area contributed by atoms with E-state index >= 15 is 0 Å². The molecule has 0 aliphatic carbocycles. The number of likely N-dealkylation sites (tertiary alicyclic amines) is 1. The fraction of sp³-hybridized carbons (Fsp3) is 0.421. The van der Waals surface area contributed by atoms with E-state index in [2.05, 4.69) is 5.10 Å². The summed E-state index contributed by atoms with van der Waals surface area (Å²) in [5.41, 5.74) is 1.33. The van der Waals surface area contributed by atoms with Gasteiger partial charge in [-0.15, -0.1) is 0 Å². The molecule has 2 amide bonds. The molecule has 2 aliphatic heterocycles. The van der Waals surface area contributed by atoms with Crippen LogP contribution in [0.5, 0.6) is 0 Å². The Hall–Kier alpha value is -2.63. The molecule has 2 aromatic rings. The molecule has 25 heavy (non-hydrogen) atoms. The zero-order valence-corrected chi connectivity index (χ0v) is 14.6. The topological polar surface area (TPSA) is 58.4 Å². The molecule has 130 valence electrons. The summed E-state index contributed by atoms with van der Waals surface area (Å²) in [4.78, 5) is 28.7. The molecule has 2 aliphatic rings. The van der Waals surface area contributed by atoms with Crippen LogP contribution >= 0.6 is 0 Å². The zero-order chi connectivity index (χ0) is 17.6. The van der Waals surface area contributed by atoms with E-state index in [-0.39, 0.29) is 17.4 Å². The highest BCUT2D eigenvalue weighted by Gasteiger charge is 2.45. The lowest BCUT2D eigenvalue weighted by Crippen LogP contribution is -2.54. The number of rotatable bonds is 1. The SMILES string of the molecule is Cc1cc2n(n1)C1(CCN(C(=O)c3ccccc3)CC1)CC(=O)N2C. The zero-order valence-electron chi connectivity index (χ0n) is 14.6. The largest absolute Gasteiger partial charge is 0.338 e. The van der Waals surface area contributed by atoms with Gasteiger partial charge in [0.25, 0.3) is 5.91 Å². The fourth-order valence-electron chi connectivity index (χ4n) is 3.95. The molecule has 6 heteroatoms. The van der Waals surface area contributed by atoms with Gasteiger partial charge in [0, 0.05) is 31.8 Å². The second-order valence-corrected chi connectivity index (χ2v) is 7.07. The van der Waals surface area contributed by atoms with Crippen molar-refractivity contribution < 1.29 is 9.59 Å². The van der Waals surface area contributed by atoms with Gasteiger partial charge in [-0.1, -0.05) is 18.2 Å². The van der Waals surface area contributed by atoms with E-state index in [1.165, 1.54) is 0 Å². The summed E-state index contributed by atoms with van der Waals surface area (Å²) in [6, 6.07) is 11.3. The lowest BCUT2D eigenvalue weighted by molar-refractivity contribution is -0.122. The third-order valence-corrected chi connectivity index (χ3v) is 5.46. The molecule has 0 bridgehead atoms.